The van der Waals surface area contributed by atoms with Crippen molar-refractivity contribution < 1.29 is 14.3 Å². The fourth-order valence-electron chi connectivity index (χ4n) is 2.52. The van der Waals surface area contributed by atoms with E-state index in [1.165, 1.54) is 0 Å². The molecule has 0 radical (unpaired) electrons. The zero-order chi connectivity index (χ0) is 17.8. The van der Waals surface area contributed by atoms with Crippen LogP contribution in [0.1, 0.15) is 15.9 Å². The molecule has 0 bridgehead atoms. The number of hydrogen-bond acceptors (Lipinski definition) is 4. The largest absolute Gasteiger partial charge is 0.496 e. The van der Waals surface area contributed by atoms with Crippen LogP contribution in [0, 0.1) is 6.92 Å². The van der Waals surface area contributed by atoms with E-state index in [4.69, 9.17) is 9.47 Å². The van der Waals surface area contributed by atoms with Gasteiger partial charge in [-0.15, -0.1) is 0 Å². The van der Waals surface area contributed by atoms with E-state index in [-0.39, 0.29) is 5.91 Å². The molecule has 1 heterocycles. The number of aromatic nitrogens is 2. The Balaban J connectivity index is 1.82. The molecule has 128 valence electrons. The molecule has 0 atom stereocenters. The van der Waals surface area contributed by atoms with Gasteiger partial charge in [0.1, 0.15) is 11.5 Å². The van der Waals surface area contributed by atoms with Crippen molar-refractivity contribution in [3.63, 3.8) is 0 Å². The first-order valence-corrected chi connectivity index (χ1v) is 7.77. The van der Waals surface area contributed by atoms with E-state index < -0.39 is 0 Å². The van der Waals surface area contributed by atoms with Gasteiger partial charge in [0.05, 0.1) is 19.9 Å². The maximum atomic E-state index is 12.5. The first-order chi connectivity index (χ1) is 12.1. The van der Waals surface area contributed by atoms with Crippen LogP contribution in [0.2, 0.25) is 0 Å². The lowest BCUT2D eigenvalue weighted by Crippen LogP contribution is -2.13. The first kappa shape index (κ1) is 16.6. The highest BCUT2D eigenvalue weighted by Crippen LogP contribution is 2.29. The zero-order valence-electron chi connectivity index (χ0n) is 14.3. The molecule has 0 saturated carbocycles. The molecule has 1 N–H and O–H groups in total. The molecule has 0 spiro atoms. The average Bonchev–Trinajstić information content (AvgIpc) is 3.11. The summed E-state index contributed by atoms with van der Waals surface area (Å²) in [5, 5.41) is 7.16. The Morgan fingerprint density at radius 2 is 1.68 bits per heavy atom. The standard InChI is InChI=1S/C19H19N3O3/c1-13-16(24-2)11-14(12-17(13)25-3)19(23)20-18-9-10-22(21-18)15-7-5-4-6-8-15/h4-12H,1-3H3,(H,20,21,23). The van der Waals surface area contributed by atoms with Crippen molar-refractivity contribution in [3.8, 4) is 17.2 Å². The van der Waals surface area contributed by atoms with Gasteiger partial charge in [0.15, 0.2) is 5.82 Å². The van der Waals surface area contributed by atoms with Gasteiger partial charge in [-0.1, -0.05) is 18.2 Å². The third-order valence-electron chi connectivity index (χ3n) is 3.87. The second-order valence-electron chi connectivity index (χ2n) is 5.44. The summed E-state index contributed by atoms with van der Waals surface area (Å²) in [7, 11) is 3.12. The Morgan fingerprint density at radius 1 is 1.04 bits per heavy atom. The molecule has 1 amide bonds. The van der Waals surface area contributed by atoms with Crippen molar-refractivity contribution in [2.45, 2.75) is 6.92 Å². The highest BCUT2D eigenvalue weighted by atomic mass is 16.5. The molecule has 6 nitrogen and oxygen atoms in total. The Kier molecular flexibility index (Phi) is 4.70. The summed E-state index contributed by atoms with van der Waals surface area (Å²) in [6.07, 6.45) is 1.79. The molecule has 0 aliphatic rings. The fourth-order valence-corrected chi connectivity index (χ4v) is 2.52. The second kappa shape index (κ2) is 7.09. The molecular weight excluding hydrogens is 318 g/mol. The number of anilines is 1. The highest BCUT2D eigenvalue weighted by Gasteiger charge is 2.14. The van der Waals surface area contributed by atoms with Crippen LogP contribution >= 0.6 is 0 Å². The monoisotopic (exact) mass is 337 g/mol. The molecule has 0 fully saturated rings. The molecular formula is C19H19N3O3. The molecule has 0 saturated heterocycles. The number of nitrogens with one attached hydrogen (secondary N) is 1. The highest BCUT2D eigenvalue weighted by molar-refractivity contribution is 6.04. The Labute approximate surface area is 146 Å². The summed E-state index contributed by atoms with van der Waals surface area (Å²) in [6.45, 7) is 1.88. The van der Waals surface area contributed by atoms with Crippen molar-refractivity contribution in [1.82, 2.24) is 9.78 Å². The van der Waals surface area contributed by atoms with Crippen LogP contribution in [0.3, 0.4) is 0 Å². The number of carbonyl (C=O) groups is 1. The van der Waals surface area contributed by atoms with Crippen LogP contribution in [-0.2, 0) is 0 Å². The minimum atomic E-state index is -0.282. The van der Waals surface area contributed by atoms with Crippen LogP contribution in [-0.4, -0.2) is 29.9 Å². The van der Waals surface area contributed by atoms with Gasteiger partial charge in [-0.05, 0) is 31.2 Å². The van der Waals surface area contributed by atoms with E-state index in [0.29, 0.717) is 22.9 Å². The summed E-state index contributed by atoms with van der Waals surface area (Å²) in [5.74, 6) is 1.38. The summed E-state index contributed by atoms with van der Waals surface area (Å²) < 4.78 is 12.3. The summed E-state index contributed by atoms with van der Waals surface area (Å²) >= 11 is 0. The van der Waals surface area contributed by atoms with Gasteiger partial charge in [-0.3, -0.25) is 4.79 Å². The van der Waals surface area contributed by atoms with E-state index in [2.05, 4.69) is 10.4 Å². The topological polar surface area (TPSA) is 65.4 Å². The summed E-state index contributed by atoms with van der Waals surface area (Å²) in [6, 6.07) is 14.8. The maximum absolute atomic E-state index is 12.5. The molecule has 3 aromatic rings. The van der Waals surface area contributed by atoms with E-state index in [0.717, 1.165) is 11.3 Å². The summed E-state index contributed by atoms with van der Waals surface area (Å²) in [5.41, 5.74) is 2.20. The number of methoxy groups -OCH3 is 2. The van der Waals surface area contributed by atoms with Gasteiger partial charge in [-0.25, -0.2) is 4.68 Å². The van der Waals surface area contributed by atoms with Crippen molar-refractivity contribution >= 4 is 11.7 Å². The minimum Gasteiger partial charge on any atom is -0.496 e. The number of nitrogens with zero attached hydrogens (tertiary/aromatic N) is 2. The van der Waals surface area contributed by atoms with Crippen molar-refractivity contribution in [3.05, 3.63) is 65.9 Å². The van der Waals surface area contributed by atoms with Gasteiger partial charge in [0.25, 0.3) is 5.91 Å². The number of rotatable bonds is 5. The minimum absolute atomic E-state index is 0.282. The molecule has 0 aliphatic heterocycles. The Hall–Kier alpha value is -3.28. The van der Waals surface area contributed by atoms with Gasteiger partial charge in [0, 0.05) is 23.4 Å². The predicted octanol–water partition coefficient (Wildman–Crippen LogP) is 3.45. The number of ether oxygens (including phenoxy) is 2. The molecule has 1 aromatic heterocycles. The van der Waals surface area contributed by atoms with E-state index in [1.807, 2.05) is 37.3 Å². The number of para-hydroxylation sites is 1. The third-order valence-corrected chi connectivity index (χ3v) is 3.87. The fraction of sp³-hybridized carbons (Fsp3) is 0.158. The molecule has 3 rings (SSSR count). The first-order valence-electron chi connectivity index (χ1n) is 7.77. The third kappa shape index (κ3) is 3.47. The SMILES string of the molecule is COc1cc(C(=O)Nc2ccn(-c3ccccc3)n2)cc(OC)c1C. The number of benzene rings is 2. The van der Waals surface area contributed by atoms with Crippen LogP contribution < -0.4 is 14.8 Å². The van der Waals surface area contributed by atoms with Gasteiger partial charge < -0.3 is 14.8 Å². The lowest BCUT2D eigenvalue weighted by atomic mass is 10.1. The van der Waals surface area contributed by atoms with Crippen LogP contribution in [0.5, 0.6) is 11.5 Å². The maximum Gasteiger partial charge on any atom is 0.257 e. The van der Waals surface area contributed by atoms with Crippen molar-refractivity contribution in [2.75, 3.05) is 19.5 Å². The molecule has 0 unspecified atom stereocenters. The van der Waals surface area contributed by atoms with Crippen molar-refractivity contribution in [1.29, 1.82) is 0 Å². The normalized spacial score (nSPS) is 10.4. The molecule has 0 aliphatic carbocycles. The smallest absolute Gasteiger partial charge is 0.257 e. The molecule has 2 aromatic carbocycles. The van der Waals surface area contributed by atoms with Crippen LogP contribution in [0.15, 0.2) is 54.7 Å². The Morgan fingerprint density at radius 3 is 2.28 bits per heavy atom. The average molecular weight is 337 g/mol. The number of hydrogen-bond donors (Lipinski definition) is 1. The molecule has 25 heavy (non-hydrogen) atoms. The van der Waals surface area contributed by atoms with Crippen molar-refractivity contribution in [2.24, 2.45) is 0 Å². The van der Waals surface area contributed by atoms with Gasteiger partial charge >= 0.3 is 0 Å². The Bertz CT molecular complexity index is 863. The van der Waals surface area contributed by atoms with Crippen LogP contribution in [0.25, 0.3) is 5.69 Å². The van der Waals surface area contributed by atoms with E-state index in [1.54, 1.807) is 43.3 Å². The van der Waals surface area contributed by atoms with Gasteiger partial charge in [0.2, 0.25) is 0 Å². The predicted molar refractivity (Wildman–Crippen MR) is 95.8 cm³/mol. The lowest BCUT2D eigenvalue weighted by Gasteiger charge is -2.12. The summed E-state index contributed by atoms with van der Waals surface area (Å²) in [4.78, 5) is 12.5. The lowest BCUT2D eigenvalue weighted by molar-refractivity contribution is 0.102. The number of amides is 1. The molecule has 6 heteroatoms. The van der Waals surface area contributed by atoms with Gasteiger partial charge in [-0.2, -0.15) is 5.10 Å². The zero-order valence-corrected chi connectivity index (χ0v) is 14.3. The van der Waals surface area contributed by atoms with Crippen LogP contribution in [0.4, 0.5) is 5.82 Å². The second-order valence-corrected chi connectivity index (χ2v) is 5.44. The number of carbonyl (C=O) groups excluding carboxylic acids is 1. The van der Waals surface area contributed by atoms with E-state index >= 15 is 0 Å². The quantitative estimate of drug-likeness (QED) is 0.774. The van der Waals surface area contributed by atoms with E-state index in [9.17, 15) is 4.79 Å².